The molecule has 0 saturated carbocycles. The van der Waals surface area contributed by atoms with Gasteiger partial charge in [0, 0.05) is 65.6 Å². The van der Waals surface area contributed by atoms with Crippen molar-refractivity contribution >= 4 is 0 Å². The first-order valence-electron chi connectivity index (χ1n) is 23.5. The van der Waals surface area contributed by atoms with Gasteiger partial charge in [-0.1, -0.05) is 187 Å². The van der Waals surface area contributed by atoms with Crippen LogP contribution in [0.3, 0.4) is 0 Å². The third kappa shape index (κ3) is 12.6. The fourth-order valence-electron chi connectivity index (χ4n) is 8.73. The van der Waals surface area contributed by atoms with Gasteiger partial charge >= 0.3 is 0 Å². The van der Waals surface area contributed by atoms with Crippen LogP contribution in [0.5, 0.6) is 11.5 Å². The van der Waals surface area contributed by atoms with Crippen LogP contribution in [0, 0.1) is 0 Å². The van der Waals surface area contributed by atoms with E-state index in [0.29, 0.717) is 39.6 Å². The maximum absolute atomic E-state index is 7.11. The summed E-state index contributed by atoms with van der Waals surface area (Å²) >= 11 is 0. The van der Waals surface area contributed by atoms with Gasteiger partial charge in [-0.3, -0.25) is 0 Å². The van der Waals surface area contributed by atoms with Gasteiger partial charge in [-0.25, -0.2) is 0 Å². The fourth-order valence-corrected chi connectivity index (χ4v) is 8.73. The van der Waals surface area contributed by atoms with Crippen LogP contribution in [0.25, 0.3) is 0 Å². The standard InChI is InChI=1S/C59H72O6/c1-41(39-62-33-31-60-9)64-57-53(43(3)47-23-15-11-16-24-47)35-51(36-54(57)44(4)48-25-17-12-18-26-48)59(7,8)52-37-55(45(5)49-27-19-13-20-28-49)58(65-42(2)40-63-34-32-61-10)56(38-52)46(6)50-29-21-14-22-30-50/h11-30,35-38,41-46H,31-34,39-40H2,1-10H3. The summed E-state index contributed by atoms with van der Waals surface area (Å²) in [4.78, 5) is 0. The largest absolute Gasteiger partial charge is 0.488 e. The highest BCUT2D eigenvalue weighted by Crippen LogP contribution is 2.48. The van der Waals surface area contributed by atoms with Crippen molar-refractivity contribution in [2.24, 2.45) is 0 Å². The third-order valence-corrected chi connectivity index (χ3v) is 13.0. The van der Waals surface area contributed by atoms with Crippen LogP contribution >= 0.6 is 0 Å². The maximum atomic E-state index is 7.11. The summed E-state index contributed by atoms with van der Waals surface area (Å²) < 4.78 is 36.8. The molecule has 0 amide bonds. The van der Waals surface area contributed by atoms with Gasteiger partial charge in [0.05, 0.1) is 39.6 Å². The maximum Gasteiger partial charge on any atom is 0.127 e. The van der Waals surface area contributed by atoms with Gasteiger partial charge in [0.2, 0.25) is 0 Å². The second-order valence-electron chi connectivity index (χ2n) is 18.1. The molecule has 6 aromatic carbocycles. The second kappa shape index (κ2) is 23.8. The van der Waals surface area contributed by atoms with Crippen molar-refractivity contribution < 1.29 is 28.4 Å². The number of hydrogen-bond donors (Lipinski definition) is 0. The minimum absolute atomic E-state index is 0.0379. The predicted octanol–water partition coefficient (Wildman–Crippen LogP) is 13.5. The highest BCUT2D eigenvalue weighted by molar-refractivity contribution is 5.59. The lowest BCUT2D eigenvalue weighted by Gasteiger charge is -2.34. The number of rotatable bonds is 24. The van der Waals surface area contributed by atoms with Gasteiger partial charge in [0.25, 0.3) is 0 Å². The molecule has 0 bridgehead atoms. The molecule has 6 rings (SSSR count). The molecular weight excluding hydrogens is 805 g/mol. The molecule has 344 valence electrons. The van der Waals surface area contributed by atoms with Crippen molar-refractivity contribution in [2.45, 2.75) is 96.7 Å². The lowest BCUT2D eigenvalue weighted by atomic mass is 9.72. The molecule has 0 N–H and O–H groups in total. The van der Waals surface area contributed by atoms with E-state index in [4.69, 9.17) is 28.4 Å². The Balaban J connectivity index is 1.59. The minimum Gasteiger partial charge on any atom is -0.488 e. The molecule has 0 heterocycles. The van der Waals surface area contributed by atoms with Crippen LogP contribution in [0.2, 0.25) is 0 Å². The van der Waals surface area contributed by atoms with E-state index in [1.165, 1.54) is 33.4 Å². The normalized spacial score (nSPS) is 14.6. The molecule has 0 saturated heterocycles. The summed E-state index contributed by atoms with van der Waals surface area (Å²) in [6.45, 7) is 21.2. The van der Waals surface area contributed by atoms with Gasteiger partial charge in [-0.05, 0) is 47.2 Å². The SMILES string of the molecule is COCCOCC(C)Oc1c(C(C)c2ccccc2)cc(C(C)(C)c2cc(C(C)c3ccccc3)c(OC(C)COCCOC)c(C(C)c3ccccc3)c2)cc1C(C)c1ccccc1. The van der Waals surface area contributed by atoms with Crippen molar-refractivity contribution in [1.82, 2.24) is 0 Å². The van der Waals surface area contributed by atoms with Gasteiger partial charge in [-0.2, -0.15) is 0 Å². The molecule has 0 aliphatic carbocycles. The van der Waals surface area contributed by atoms with Crippen molar-refractivity contribution in [1.29, 1.82) is 0 Å². The van der Waals surface area contributed by atoms with Crippen molar-refractivity contribution in [3.05, 3.63) is 201 Å². The first kappa shape index (κ1) is 49.2. The third-order valence-electron chi connectivity index (χ3n) is 13.0. The van der Waals surface area contributed by atoms with E-state index in [1.807, 2.05) is 0 Å². The average molecular weight is 877 g/mol. The Kier molecular flexibility index (Phi) is 18.0. The summed E-state index contributed by atoms with van der Waals surface area (Å²) in [6, 6.07) is 52.8. The molecule has 0 aliphatic heterocycles. The van der Waals surface area contributed by atoms with Crippen molar-refractivity contribution in [2.75, 3.05) is 53.9 Å². The number of methoxy groups -OCH3 is 2. The molecule has 6 aromatic rings. The predicted molar refractivity (Wildman–Crippen MR) is 266 cm³/mol. The molecular formula is C59H72O6. The van der Waals surface area contributed by atoms with Gasteiger partial charge in [-0.15, -0.1) is 0 Å². The molecule has 6 atom stereocenters. The van der Waals surface area contributed by atoms with Crippen LogP contribution in [0.4, 0.5) is 0 Å². The molecule has 0 radical (unpaired) electrons. The van der Waals surface area contributed by atoms with E-state index in [9.17, 15) is 0 Å². The van der Waals surface area contributed by atoms with Crippen LogP contribution in [-0.2, 0) is 24.4 Å². The lowest BCUT2D eigenvalue weighted by molar-refractivity contribution is 0.0280. The molecule has 6 unspecified atom stereocenters. The number of hydrogen-bond acceptors (Lipinski definition) is 6. The molecule has 65 heavy (non-hydrogen) atoms. The number of benzene rings is 6. The summed E-state index contributed by atoms with van der Waals surface area (Å²) in [6.07, 6.45) is -0.392. The summed E-state index contributed by atoms with van der Waals surface area (Å²) in [7, 11) is 3.39. The Bertz CT molecular complexity index is 2030. The Labute approximate surface area is 390 Å². The quantitative estimate of drug-likeness (QED) is 0.0565. The van der Waals surface area contributed by atoms with Gasteiger partial charge < -0.3 is 28.4 Å². The molecule has 0 fully saturated rings. The average Bonchev–Trinajstić information content (AvgIpc) is 3.34. The first-order valence-corrected chi connectivity index (χ1v) is 23.5. The van der Waals surface area contributed by atoms with E-state index in [0.717, 1.165) is 33.8 Å². The zero-order valence-electron chi connectivity index (χ0n) is 40.5. The van der Waals surface area contributed by atoms with Gasteiger partial charge in [0.15, 0.2) is 0 Å². The number of ether oxygens (including phenoxy) is 6. The van der Waals surface area contributed by atoms with E-state index in [-0.39, 0.29) is 35.9 Å². The van der Waals surface area contributed by atoms with Crippen molar-refractivity contribution in [3.8, 4) is 11.5 Å². The van der Waals surface area contributed by atoms with Crippen molar-refractivity contribution in [3.63, 3.8) is 0 Å². The second-order valence-corrected chi connectivity index (χ2v) is 18.1. The highest BCUT2D eigenvalue weighted by Gasteiger charge is 2.33. The first-order chi connectivity index (χ1) is 31.4. The monoisotopic (exact) mass is 877 g/mol. The Hall–Kier alpha value is -5.24. The summed E-state index contributed by atoms with van der Waals surface area (Å²) in [5, 5.41) is 0. The van der Waals surface area contributed by atoms with Crippen LogP contribution in [0.1, 0.15) is 135 Å². The zero-order valence-corrected chi connectivity index (χ0v) is 40.5. The lowest BCUT2D eigenvalue weighted by Crippen LogP contribution is -2.25. The Morgan fingerprint density at radius 3 is 0.892 bits per heavy atom. The van der Waals surface area contributed by atoms with Crippen LogP contribution < -0.4 is 9.47 Å². The minimum atomic E-state index is -0.465. The topological polar surface area (TPSA) is 55.4 Å². The van der Waals surface area contributed by atoms with Crippen LogP contribution in [0.15, 0.2) is 146 Å². The van der Waals surface area contributed by atoms with Crippen LogP contribution in [-0.4, -0.2) is 66.1 Å². The smallest absolute Gasteiger partial charge is 0.127 e. The fraction of sp³-hybridized carbons (Fsp3) is 0.390. The van der Waals surface area contributed by atoms with E-state index >= 15 is 0 Å². The molecule has 0 spiro atoms. The van der Waals surface area contributed by atoms with Gasteiger partial charge in [0.1, 0.15) is 23.7 Å². The van der Waals surface area contributed by atoms with E-state index < -0.39 is 5.41 Å². The Morgan fingerprint density at radius 2 is 0.646 bits per heavy atom. The summed E-state index contributed by atoms with van der Waals surface area (Å²) in [5.74, 6) is 1.99. The Morgan fingerprint density at radius 1 is 0.385 bits per heavy atom. The van der Waals surface area contributed by atoms with E-state index in [1.54, 1.807) is 14.2 Å². The summed E-state index contributed by atoms with van der Waals surface area (Å²) in [5.41, 5.74) is 11.5. The highest BCUT2D eigenvalue weighted by atomic mass is 16.6. The zero-order chi connectivity index (χ0) is 46.3. The molecule has 0 aliphatic rings. The molecule has 6 heteroatoms. The van der Waals surface area contributed by atoms with E-state index in [2.05, 4.69) is 201 Å². The molecule has 0 aromatic heterocycles. The molecule has 6 nitrogen and oxygen atoms in total.